The minimum Gasteiger partial charge on any atom is -0.330 e. The SMILES string of the molecule is CCCn1ncc(Br)c1C1CC(C)CCC1CN. The molecule has 1 aliphatic carbocycles. The van der Waals surface area contributed by atoms with Gasteiger partial charge in [-0.2, -0.15) is 5.10 Å². The summed E-state index contributed by atoms with van der Waals surface area (Å²) in [5.41, 5.74) is 7.35. The lowest BCUT2D eigenvalue weighted by Gasteiger charge is -2.34. The lowest BCUT2D eigenvalue weighted by Crippen LogP contribution is -2.30. The monoisotopic (exact) mass is 313 g/mol. The van der Waals surface area contributed by atoms with Gasteiger partial charge in [-0.25, -0.2) is 0 Å². The third kappa shape index (κ3) is 2.80. The third-order valence-corrected chi connectivity index (χ3v) is 4.79. The quantitative estimate of drug-likeness (QED) is 0.924. The predicted octanol–water partition coefficient (Wildman–Crippen LogP) is 3.53. The van der Waals surface area contributed by atoms with Crippen LogP contribution in [0.15, 0.2) is 10.7 Å². The summed E-state index contributed by atoms with van der Waals surface area (Å²) in [7, 11) is 0. The second kappa shape index (κ2) is 6.20. The number of halogens is 1. The van der Waals surface area contributed by atoms with Crippen molar-refractivity contribution in [2.45, 2.75) is 52.0 Å². The Balaban J connectivity index is 2.29. The highest BCUT2D eigenvalue weighted by atomic mass is 79.9. The van der Waals surface area contributed by atoms with E-state index in [2.05, 4.69) is 39.6 Å². The first-order chi connectivity index (χ1) is 8.67. The molecule has 3 unspecified atom stereocenters. The highest BCUT2D eigenvalue weighted by molar-refractivity contribution is 9.10. The van der Waals surface area contributed by atoms with Crippen molar-refractivity contribution in [2.75, 3.05) is 6.54 Å². The van der Waals surface area contributed by atoms with Crippen LogP contribution < -0.4 is 5.73 Å². The van der Waals surface area contributed by atoms with Crippen molar-refractivity contribution in [3.05, 3.63) is 16.4 Å². The molecule has 1 heterocycles. The van der Waals surface area contributed by atoms with E-state index in [0.29, 0.717) is 11.8 Å². The van der Waals surface area contributed by atoms with Crippen molar-refractivity contribution >= 4 is 15.9 Å². The van der Waals surface area contributed by atoms with E-state index in [9.17, 15) is 0 Å². The van der Waals surface area contributed by atoms with Crippen LogP contribution >= 0.6 is 15.9 Å². The molecule has 0 saturated heterocycles. The van der Waals surface area contributed by atoms with Gasteiger partial charge in [-0.3, -0.25) is 4.68 Å². The standard InChI is InChI=1S/C14H24BrN3/c1-3-6-18-14(13(15)9-17-18)12-7-10(2)4-5-11(12)8-16/h9-12H,3-8,16H2,1-2H3. The highest BCUT2D eigenvalue weighted by Crippen LogP contribution is 2.42. The topological polar surface area (TPSA) is 43.8 Å². The fraction of sp³-hybridized carbons (Fsp3) is 0.786. The van der Waals surface area contributed by atoms with Crippen LogP contribution in [0.2, 0.25) is 0 Å². The molecule has 102 valence electrons. The number of hydrogen-bond donors (Lipinski definition) is 1. The van der Waals surface area contributed by atoms with Gasteiger partial charge < -0.3 is 5.73 Å². The van der Waals surface area contributed by atoms with Crippen molar-refractivity contribution in [2.24, 2.45) is 17.6 Å². The van der Waals surface area contributed by atoms with Gasteiger partial charge in [0.2, 0.25) is 0 Å². The summed E-state index contributed by atoms with van der Waals surface area (Å²) in [5.74, 6) is 1.99. The molecule has 1 aromatic rings. The molecule has 1 saturated carbocycles. The van der Waals surface area contributed by atoms with Crippen LogP contribution in [0.3, 0.4) is 0 Å². The smallest absolute Gasteiger partial charge is 0.0635 e. The molecule has 0 aliphatic heterocycles. The number of rotatable bonds is 4. The zero-order valence-electron chi connectivity index (χ0n) is 11.4. The molecule has 2 rings (SSSR count). The van der Waals surface area contributed by atoms with E-state index in [1.54, 1.807) is 0 Å². The molecule has 0 spiro atoms. The molecule has 1 aliphatic rings. The van der Waals surface area contributed by atoms with E-state index >= 15 is 0 Å². The van der Waals surface area contributed by atoms with Crippen molar-refractivity contribution < 1.29 is 0 Å². The molecule has 0 amide bonds. The molecule has 3 nitrogen and oxygen atoms in total. The summed E-state index contributed by atoms with van der Waals surface area (Å²) in [6.07, 6.45) is 6.88. The number of hydrogen-bond acceptors (Lipinski definition) is 2. The zero-order valence-corrected chi connectivity index (χ0v) is 13.0. The van der Waals surface area contributed by atoms with E-state index in [4.69, 9.17) is 5.73 Å². The van der Waals surface area contributed by atoms with Gasteiger partial charge in [-0.1, -0.05) is 20.3 Å². The first-order valence-electron chi connectivity index (χ1n) is 7.08. The summed E-state index contributed by atoms with van der Waals surface area (Å²) in [6, 6.07) is 0. The van der Waals surface area contributed by atoms with Crippen LogP contribution in [0.1, 0.15) is 51.1 Å². The average molecular weight is 314 g/mol. The molecule has 4 heteroatoms. The maximum atomic E-state index is 5.97. The molecule has 3 atom stereocenters. The van der Waals surface area contributed by atoms with Crippen molar-refractivity contribution in [1.29, 1.82) is 0 Å². The molecule has 1 fully saturated rings. The summed E-state index contributed by atoms with van der Waals surface area (Å²) in [5, 5.41) is 4.50. The van der Waals surface area contributed by atoms with Crippen LogP contribution in [-0.4, -0.2) is 16.3 Å². The van der Waals surface area contributed by atoms with Crippen LogP contribution in [-0.2, 0) is 6.54 Å². The highest BCUT2D eigenvalue weighted by Gasteiger charge is 2.32. The zero-order chi connectivity index (χ0) is 13.1. The van der Waals surface area contributed by atoms with Crippen LogP contribution in [0.25, 0.3) is 0 Å². The van der Waals surface area contributed by atoms with Crippen molar-refractivity contribution in [3.8, 4) is 0 Å². The number of nitrogens with zero attached hydrogens (tertiary/aromatic N) is 2. The Kier molecular flexibility index (Phi) is 4.84. The van der Waals surface area contributed by atoms with Gasteiger partial charge >= 0.3 is 0 Å². The molecule has 0 aromatic carbocycles. The number of nitrogens with two attached hydrogens (primary N) is 1. The van der Waals surface area contributed by atoms with Crippen LogP contribution in [0.4, 0.5) is 0 Å². The van der Waals surface area contributed by atoms with Gasteiger partial charge in [-0.15, -0.1) is 0 Å². The molecule has 2 N–H and O–H groups in total. The fourth-order valence-electron chi connectivity index (χ4n) is 3.19. The lowest BCUT2D eigenvalue weighted by molar-refractivity contribution is 0.243. The van der Waals surface area contributed by atoms with Gasteiger partial charge in [0.05, 0.1) is 16.4 Å². The maximum absolute atomic E-state index is 5.97. The molecule has 0 radical (unpaired) electrons. The van der Waals surface area contributed by atoms with E-state index in [1.165, 1.54) is 25.0 Å². The Bertz CT molecular complexity index is 388. The fourth-order valence-corrected chi connectivity index (χ4v) is 3.78. The Labute approximate surface area is 118 Å². The predicted molar refractivity (Wildman–Crippen MR) is 78.5 cm³/mol. The van der Waals surface area contributed by atoms with E-state index < -0.39 is 0 Å². The van der Waals surface area contributed by atoms with Crippen LogP contribution in [0, 0.1) is 11.8 Å². The first kappa shape index (κ1) is 14.1. The van der Waals surface area contributed by atoms with E-state index in [0.717, 1.165) is 29.9 Å². The Hall–Kier alpha value is -0.350. The Morgan fingerprint density at radius 3 is 2.94 bits per heavy atom. The first-order valence-corrected chi connectivity index (χ1v) is 7.87. The van der Waals surface area contributed by atoms with Gasteiger partial charge in [0, 0.05) is 12.5 Å². The van der Waals surface area contributed by atoms with E-state index in [1.807, 2.05) is 6.20 Å². The van der Waals surface area contributed by atoms with Gasteiger partial charge in [0.15, 0.2) is 0 Å². The molecule has 0 bridgehead atoms. The van der Waals surface area contributed by atoms with Gasteiger partial charge in [0.1, 0.15) is 0 Å². The lowest BCUT2D eigenvalue weighted by atomic mass is 9.73. The molecule has 18 heavy (non-hydrogen) atoms. The average Bonchev–Trinajstić information content (AvgIpc) is 2.71. The van der Waals surface area contributed by atoms with Crippen molar-refractivity contribution in [3.63, 3.8) is 0 Å². The second-order valence-electron chi connectivity index (χ2n) is 5.62. The Morgan fingerprint density at radius 2 is 2.28 bits per heavy atom. The van der Waals surface area contributed by atoms with Gasteiger partial charge in [-0.05, 0) is 53.6 Å². The summed E-state index contributed by atoms with van der Waals surface area (Å²) >= 11 is 3.68. The minimum atomic E-state index is 0.571. The van der Waals surface area contributed by atoms with Gasteiger partial charge in [0.25, 0.3) is 0 Å². The normalized spacial score (nSPS) is 28.6. The second-order valence-corrected chi connectivity index (χ2v) is 6.48. The molecular weight excluding hydrogens is 290 g/mol. The largest absolute Gasteiger partial charge is 0.330 e. The minimum absolute atomic E-state index is 0.571. The summed E-state index contributed by atoms with van der Waals surface area (Å²) < 4.78 is 3.34. The van der Waals surface area contributed by atoms with Crippen molar-refractivity contribution in [1.82, 2.24) is 9.78 Å². The number of aromatic nitrogens is 2. The number of aryl methyl sites for hydroxylation is 1. The van der Waals surface area contributed by atoms with Crippen LogP contribution in [0.5, 0.6) is 0 Å². The summed E-state index contributed by atoms with van der Waals surface area (Å²) in [6.45, 7) is 6.35. The van der Waals surface area contributed by atoms with E-state index in [-0.39, 0.29) is 0 Å². The third-order valence-electron chi connectivity index (χ3n) is 4.18. The molecule has 1 aromatic heterocycles. The maximum Gasteiger partial charge on any atom is 0.0635 e. The Morgan fingerprint density at radius 1 is 1.50 bits per heavy atom. The summed E-state index contributed by atoms with van der Waals surface area (Å²) in [4.78, 5) is 0. The molecular formula is C14H24BrN3.